The SMILES string of the molecule is CCN(CC)C(=O)N1CCN(C(=O)Cc2c(C)nn(C)c2C)CC1. The number of nitrogens with zero attached hydrogens (tertiary/aromatic N) is 5. The van der Waals surface area contributed by atoms with Gasteiger partial charge in [-0.2, -0.15) is 5.10 Å². The van der Waals surface area contributed by atoms with Crippen molar-refractivity contribution in [1.29, 1.82) is 0 Å². The summed E-state index contributed by atoms with van der Waals surface area (Å²) in [7, 11) is 1.90. The van der Waals surface area contributed by atoms with Crippen molar-refractivity contribution in [2.75, 3.05) is 39.3 Å². The van der Waals surface area contributed by atoms with Crippen molar-refractivity contribution in [3.05, 3.63) is 17.0 Å². The van der Waals surface area contributed by atoms with E-state index in [1.54, 1.807) is 0 Å². The molecule has 1 aromatic rings. The van der Waals surface area contributed by atoms with E-state index in [1.165, 1.54) is 0 Å². The average Bonchev–Trinajstić information content (AvgIpc) is 2.82. The van der Waals surface area contributed by atoms with Gasteiger partial charge in [-0.3, -0.25) is 9.48 Å². The fraction of sp³-hybridized carbons (Fsp3) is 0.706. The molecule has 0 radical (unpaired) electrons. The van der Waals surface area contributed by atoms with Gasteiger partial charge in [0.1, 0.15) is 0 Å². The second-order valence-corrected chi connectivity index (χ2v) is 6.27. The van der Waals surface area contributed by atoms with E-state index in [9.17, 15) is 9.59 Å². The monoisotopic (exact) mass is 335 g/mol. The summed E-state index contributed by atoms with van der Waals surface area (Å²) < 4.78 is 1.82. The lowest BCUT2D eigenvalue weighted by Gasteiger charge is -2.37. The molecule has 1 fully saturated rings. The Morgan fingerprint density at radius 3 is 2.04 bits per heavy atom. The van der Waals surface area contributed by atoms with E-state index in [0.29, 0.717) is 45.7 Å². The third-order valence-electron chi connectivity index (χ3n) is 4.92. The first kappa shape index (κ1) is 18.3. The van der Waals surface area contributed by atoms with Crippen LogP contribution in [0.3, 0.4) is 0 Å². The molecule has 0 unspecified atom stereocenters. The molecule has 0 spiro atoms. The summed E-state index contributed by atoms with van der Waals surface area (Å²) in [5, 5.41) is 4.37. The Balaban J connectivity index is 1.92. The summed E-state index contributed by atoms with van der Waals surface area (Å²) in [5.41, 5.74) is 2.97. The molecule has 134 valence electrons. The minimum absolute atomic E-state index is 0.0750. The molecule has 2 heterocycles. The van der Waals surface area contributed by atoms with Gasteiger partial charge in [0.25, 0.3) is 0 Å². The first-order chi connectivity index (χ1) is 11.4. The first-order valence-electron chi connectivity index (χ1n) is 8.69. The van der Waals surface area contributed by atoms with Gasteiger partial charge in [-0.15, -0.1) is 0 Å². The van der Waals surface area contributed by atoms with E-state index >= 15 is 0 Å². The van der Waals surface area contributed by atoms with Crippen LogP contribution in [-0.4, -0.2) is 75.7 Å². The van der Waals surface area contributed by atoms with Crippen molar-refractivity contribution in [3.63, 3.8) is 0 Å². The number of amides is 3. The maximum Gasteiger partial charge on any atom is 0.320 e. The molecule has 1 aliphatic rings. The number of hydrogen-bond acceptors (Lipinski definition) is 3. The average molecular weight is 335 g/mol. The molecular formula is C17H29N5O2. The lowest BCUT2D eigenvalue weighted by molar-refractivity contribution is -0.131. The third-order valence-corrected chi connectivity index (χ3v) is 4.92. The van der Waals surface area contributed by atoms with E-state index < -0.39 is 0 Å². The molecule has 0 atom stereocenters. The van der Waals surface area contributed by atoms with Crippen LogP contribution in [0.1, 0.15) is 30.8 Å². The lowest BCUT2D eigenvalue weighted by Crippen LogP contribution is -2.54. The van der Waals surface area contributed by atoms with Gasteiger partial charge in [-0.1, -0.05) is 0 Å². The van der Waals surface area contributed by atoms with Gasteiger partial charge in [0.05, 0.1) is 12.1 Å². The molecule has 0 aliphatic carbocycles. The number of rotatable bonds is 4. The fourth-order valence-corrected chi connectivity index (χ4v) is 3.18. The van der Waals surface area contributed by atoms with Gasteiger partial charge in [0.2, 0.25) is 5.91 Å². The van der Waals surface area contributed by atoms with Crippen LogP contribution in [0, 0.1) is 13.8 Å². The van der Waals surface area contributed by atoms with E-state index in [-0.39, 0.29) is 11.9 Å². The Hall–Kier alpha value is -2.05. The van der Waals surface area contributed by atoms with Crippen molar-refractivity contribution >= 4 is 11.9 Å². The number of aryl methyl sites for hydroxylation is 2. The number of aromatic nitrogens is 2. The standard InChI is InChI=1S/C17H29N5O2/c1-6-20(7-2)17(24)22-10-8-21(9-11-22)16(23)12-15-13(3)18-19(5)14(15)4/h6-12H2,1-5H3. The molecule has 0 saturated carbocycles. The van der Waals surface area contributed by atoms with Crippen molar-refractivity contribution in [2.45, 2.75) is 34.1 Å². The van der Waals surface area contributed by atoms with E-state index in [0.717, 1.165) is 17.0 Å². The molecule has 0 bridgehead atoms. The minimum atomic E-state index is 0.0750. The highest BCUT2D eigenvalue weighted by Gasteiger charge is 2.27. The van der Waals surface area contributed by atoms with Crippen molar-refractivity contribution < 1.29 is 9.59 Å². The quantitative estimate of drug-likeness (QED) is 0.830. The van der Waals surface area contributed by atoms with Crippen LogP contribution in [-0.2, 0) is 18.3 Å². The summed E-state index contributed by atoms with van der Waals surface area (Å²) >= 11 is 0. The first-order valence-corrected chi connectivity index (χ1v) is 8.69. The van der Waals surface area contributed by atoms with E-state index in [1.807, 2.05) is 54.1 Å². The van der Waals surface area contributed by atoms with Crippen LogP contribution in [0.25, 0.3) is 0 Å². The normalized spacial score (nSPS) is 14.9. The molecule has 24 heavy (non-hydrogen) atoms. The summed E-state index contributed by atoms with van der Waals surface area (Å²) in [6, 6.07) is 0.0750. The van der Waals surface area contributed by atoms with Crippen LogP contribution in [0.2, 0.25) is 0 Å². The van der Waals surface area contributed by atoms with Crippen molar-refractivity contribution in [2.24, 2.45) is 7.05 Å². The van der Waals surface area contributed by atoms with Gasteiger partial charge in [0.15, 0.2) is 0 Å². The zero-order chi connectivity index (χ0) is 17.9. The second-order valence-electron chi connectivity index (χ2n) is 6.27. The zero-order valence-electron chi connectivity index (χ0n) is 15.5. The van der Waals surface area contributed by atoms with Crippen LogP contribution in [0.15, 0.2) is 0 Å². The number of carbonyl (C=O) groups excluding carboxylic acids is 2. The van der Waals surface area contributed by atoms with Crippen LogP contribution in [0.4, 0.5) is 4.79 Å². The molecule has 0 aromatic carbocycles. The van der Waals surface area contributed by atoms with Crippen molar-refractivity contribution in [1.82, 2.24) is 24.5 Å². The zero-order valence-corrected chi connectivity index (χ0v) is 15.5. The largest absolute Gasteiger partial charge is 0.339 e. The summed E-state index contributed by atoms with van der Waals surface area (Å²) in [6.07, 6.45) is 0.384. The molecule has 7 nitrogen and oxygen atoms in total. The van der Waals surface area contributed by atoms with Crippen LogP contribution >= 0.6 is 0 Å². The Bertz CT molecular complexity index is 598. The summed E-state index contributed by atoms with van der Waals surface area (Å²) in [5.74, 6) is 0.115. The Kier molecular flexibility index (Phi) is 5.85. The Morgan fingerprint density at radius 1 is 1.04 bits per heavy atom. The van der Waals surface area contributed by atoms with Gasteiger partial charge in [0, 0.05) is 57.6 Å². The molecule has 1 saturated heterocycles. The summed E-state index contributed by atoms with van der Waals surface area (Å²) in [6.45, 7) is 11.7. The molecule has 1 aromatic heterocycles. The number of urea groups is 1. The number of piperazine rings is 1. The molecule has 7 heteroatoms. The highest BCUT2D eigenvalue weighted by Crippen LogP contribution is 2.15. The lowest BCUT2D eigenvalue weighted by atomic mass is 10.1. The smallest absolute Gasteiger partial charge is 0.320 e. The number of carbonyl (C=O) groups is 2. The number of hydrogen-bond donors (Lipinski definition) is 0. The Morgan fingerprint density at radius 2 is 1.58 bits per heavy atom. The fourth-order valence-electron chi connectivity index (χ4n) is 3.18. The van der Waals surface area contributed by atoms with Gasteiger partial charge < -0.3 is 14.7 Å². The van der Waals surface area contributed by atoms with E-state index in [2.05, 4.69) is 5.10 Å². The molecule has 2 rings (SSSR count). The molecule has 1 aliphatic heterocycles. The maximum atomic E-state index is 12.6. The predicted molar refractivity (Wildman–Crippen MR) is 92.9 cm³/mol. The predicted octanol–water partition coefficient (Wildman–Crippen LogP) is 1.19. The van der Waals surface area contributed by atoms with Crippen LogP contribution < -0.4 is 0 Å². The van der Waals surface area contributed by atoms with Gasteiger partial charge in [-0.05, 0) is 27.7 Å². The Labute approximate surface area is 144 Å². The highest BCUT2D eigenvalue weighted by molar-refractivity contribution is 5.80. The third kappa shape index (κ3) is 3.71. The second kappa shape index (κ2) is 7.68. The topological polar surface area (TPSA) is 61.7 Å². The van der Waals surface area contributed by atoms with Crippen LogP contribution in [0.5, 0.6) is 0 Å². The maximum absolute atomic E-state index is 12.6. The molecular weight excluding hydrogens is 306 g/mol. The van der Waals surface area contributed by atoms with Crippen molar-refractivity contribution in [3.8, 4) is 0 Å². The minimum Gasteiger partial charge on any atom is -0.339 e. The van der Waals surface area contributed by atoms with E-state index in [4.69, 9.17) is 0 Å². The molecule has 3 amide bonds. The molecule has 0 N–H and O–H groups in total. The highest BCUT2D eigenvalue weighted by atomic mass is 16.2. The van der Waals surface area contributed by atoms with Gasteiger partial charge >= 0.3 is 6.03 Å². The van der Waals surface area contributed by atoms with Gasteiger partial charge in [-0.25, -0.2) is 4.79 Å². The summed E-state index contributed by atoms with van der Waals surface area (Å²) in [4.78, 5) is 30.5.